The molecule has 4 rings (SSSR count). The first-order valence-electron chi connectivity index (χ1n) is 7.93. The molecule has 120 valence electrons. The van der Waals surface area contributed by atoms with Gasteiger partial charge in [-0.3, -0.25) is 0 Å². The van der Waals surface area contributed by atoms with Crippen LogP contribution in [0.25, 0.3) is 16.8 Å². The number of aryl methyl sites for hydroxylation is 1. The second-order valence-corrected chi connectivity index (χ2v) is 5.84. The molecule has 1 fully saturated rings. The second-order valence-electron chi connectivity index (χ2n) is 5.84. The summed E-state index contributed by atoms with van der Waals surface area (Å²) in [6.45, 7) is 5.79. The molecule has 24 heavy (non-hydrogen) atoms. The van der Waals surface area contributed by atoms with Crippen LogP contribution in [0.3, 0.4) is 0 Å². The van der Waals surface area contributed by atoms with Gasteiger partial charge in [0, 0.05) is 37.9 Å². The van der Waals surface area contributed by atoms with E-state index in [9.17, 15) is 5.26 Å². The molecule has 7 heteroatoms. The van der Waals surface area contributed by atoms with Gasteiger partial charge in [-0.1, -0.05) is 0 Å². The average Bonchev–Trinajstić information content (AvgIpc) is 3.05. The fourth-order valence-electron chi connectivity index (χ4n) is 3.02. The van der Waals surface area contributed by atoms with Crippen molar-refractivity contribution in [2.24, 2.45) is 0 Å². The Bertz CT molecular complexity index is 915. The zero-order valence-corrected chi connectivity index (χ0v) is 13.4. The van der Waals surface area contributed by atoms with Gasteiger partial charge < -0.3 is 10.2 Å². The maximum absolute atomic E-state index is 9.32. The van der Waals surface area contributed by atoms with Gasteiger partial charge in [-0.05, 0) is 19.1 Å². The van der Waals surface area contributed by atoms with Gasteiger partial charge in [-0.15, -0.1) is 0 Å². The van der Waals surface area contributed by atoms with Crippen LogP contribution in [-0.4, -0.2) is 45.8 Å². The highest BCUT2D eigenvalue weighted by Crippen LogP contribution is 2.26. The highest BCUT2D eigenvalue weighted by Gasteiger charge is 2.15. The summed E-state index contributed by atoms with van der Waals surface area (Å²) in [6, 6.07) is 6.22. The van der Waals surface area contributed by atoms with Gasteiger partial charge in [0.2, 0.25) is 0 Å². The highest BCUT2D eigenvalue weighted by atomic mass is 15.2. The van der Waals surface area contributed by atoms with Crippen molar-refractivity contribution in [1.29, 1.82) is 5.26 Å². The molecule has 0 unspecified atom stereocenters. The fourth-order valence-corrected chi connectivity index (χ4v) is 3.02. The molecule has 1 aliphatic heterocycles. The molecule has 0 saturated carbocycles. The van der Waals surface area contributed by atoms with Crippen molar-refractivity contribution >= 4 is 11.3 Å². The Hall–Kier alpha value is -2.98. The van der Waals surface area contributed by atoms with Gasteiger partial charge in [0.25, 0.3) is 0 Å². The normalized spacial score (nSPS) is 14.8. The van der Waals surface area contributed by atoms with E-state index in [2.05, 4.69) is 31.4 Å². The Morgan fingerprint density at radius 2 is 2.04 bits per heavy atom. The second kappa shape index (κ2) is 5.91. The molecule has 1 aliphatic rings. The fraction of sp³-hybridized carbons (Fsp3) is 0.294. The van der Waals surface area contributed by atoms with E-state index >= 15 is 0 Å². The molecule has 3 aromatic rings. The number of pyridine rings is 1. The van der Waals surface area contributed by atoms with E-state index < -0.39 is 0 Å². The topological polar surface area (TPSA) is 82.1 Å². The summed E-state index contributed by atoms with van der Waals surface area (Å²) < 4.78 is 1.71. The minimum atomic E-state index is 0.517. The summed E-state index contributed by atoms with van der Waals surface area (Å²) in [7, 11) is 0. The zero-order valence-electron chi connectivity index (χ0n) is 13.4. The molecule has 0 radical (unpaired) electrons. The van der Waals surface area contributed by atoms with E-state index in [1.807, 2.05) is 31.5 Å². The van der Waals surface area contributed by atoms with E-state index in [4.69, 9.17) is 0 Å². The third-order valence-corrected chi connectivity index (χ3v) is 4.20. The number of hydrogen-bond acceptors (Lipinski definition) is 6. The number of nitrogens with one attached hydrogen (secondary N) is 1. The molecule has 0 amide bonds. The molecule has 7 nitrogen and oxygen atoms in total. The summed E-state index contributed by atoms with van der Waals surface area (Å²) in [5.74, 6) is 0.970. The van der Waals surface area contributed by atoms with Crippen LogP contribution in [0.2, 0.25) is 0 Å². The van der Waals surface area contributed by atoms with Gasteiger partial charge in [0.05, 0.1) is 23.8 Å². The van der Waals surface area contributed by atoms with Crippen molar-refractivity contribution in [3.63, 3.8) is 0 Å². The van der Waals surface area contributed by atoms with Crippen LogP contribution in [0, 0.1) is 18.3 Å². The van der Waals surface area contributed by atoms with E-state index in [0.717, 1.165) is 54.5 Å². The number of anilines is 1. The monoisotopic (exact) mass is 319 g/mol. The van der Waals surface area contributed by atoms with E-state index in [1.165, 1.54) is 0 Å². The predicted molar refractivity (Wildman–Crippen MR) is 90.8 cm³/mol. The molecule has 4 heterocycles. The van der Waals surface area contributed by atoms with Crippen LogP contribution in [0.5, 0.6) is 0 Å². The van der Waals surface area contributed by atoms with E-state index in [-0.39, 0.29) is 0 Å². The molecular formula is C17H17N7. The number of aromatic nitrogens is 4. The van der Waals surface area contributed by atoms with Crippen molar-refractivity contribution in [2.75, 3.05) is 31.1 Å². The van der Waals surface area contributed by atoms with Crippen molar-refractivity contribution in [1.82, 2.24) is 24.9 Å². The minimum Gasteiger partial charge on any atom is -0.354 e. The van der Waals surface area contributed by atoms with Crippen LogP contribution >= 0.6 is 0 Å². The smallest absolute Gasteiger partial charge is 0.128 e. The molecule has 0 aliphatic carbocycles. The average molecular weight is 319 g/mol. The van der Waals surface area contributed by atoms with Crippen LogP contribution in [0.1, 0.15) is 11.3 Å². The Morgan fingerprint density at radius 1 is 1.21 bits per heavy atom. The first kappa shape index (κ1) is 14.6. The third-order valence-electron chi connectivity index (χ3n) is 4.20. The van der Waals surface area contributed by atoms with E-state index in [1.54, 1.807) is 10.7 Å². The van der Waals surface area contributed by atoms with Crippen molar-refractivity contribution < 1.29 is 0 Å². The molecule has 0 atom stereocenters. The Kier molecular flexibility index (Phi) is 3.59. The summed E-state index contributed by atoms with van der Waals surface area (Å²) in [6.07, 6.45) is 5.22. The van der Waals surface area contributed by atoms with Crippen molar-refractivity contribution in [3.8, 4) is 17.3 Å². The lowest BCUT2D eigenvalue weighted by atomic mass is 10.1. The largest absolute Gasteiger partial charge is 0.354 e. The van der Waals surface area contributed by atoms with Crippen LogP contribution in [0.15, 0.2) is 30.7 Å². The molecular weight excluding hydrogens is 302 g/mol. The van der Waals surface area contributed by atoms with Gasteiger partial charge in [-0.25, -0.2) is 14.5 Å². The lowest BCUT2D eigenvalue weighted by Gasteiger charge is -2.28. The third kappa shape index (κ3) is 2.47. The quantitative estimate of drug-likeness (QED) is 0.768. The number of rotatable bonds is 2. The number of piperazine rings is 1. The Morgan fingerprint density at radius 3 is 2.75 bits per heavy atom. The molecule has 1 N–H and O–H groups in total. The van der Waals surface area contributed by atoms with Crippen LogP contribution in [-0.2, 0) is 0 Å². The first-order valence-corrected chi connectivity index (χ1v) is 7.93. The zero-order chi connectivity index (χ0) is 16.5. The summed E-state index contributed by atoms with van der Waals surface area (Å²) >= 11 is 0. The maximum Gasteiger partial charge on any atom is 0.128 e. The molecule has 0 spiro atoms. The summed E-state index contributed by atoms with van der Waals surface area (Å²) in [4.78, 5) is 11.5. The van der Waals surface area contributed by atoms with E-state index in [0.29, 0.717) is 5.56 Å². The van der Waals surface area contributed by atoms with Crippen molar-refractivity contribution in [2.45, 2.75) is 6.92 Å². The van der Waals surface area contributed by atoms with Gasteiger partial charge in [0.15, 0.2) is 0 Å². The predicted octanol–water partition coefficient (Wildman–Crippen LogP) is 1.38. The number of fused-ring (bicyclic) bond motifs is 1. The molecule has 1 saturated heterocycles. The number of nitriles is 1. The standard InChI is InChI=1S/C17H17N7/c1-12-11-24-17(14(8-18)10-21-24)16(22-12)13-2-3-15(20-9-13)23-6-4-19-5-7-23/h2-3,9-11,19H,4-7H2,1H3. The van der Waals surface area contributed by atoms with Gasteiger partial charge >= 0.3 is 0 Å². The maximum atomic E-state index is 9.32. The lowest BCUT2D eigenvalue weighted by Crippen LogP contribution is -2.43. The lowest BCUT2D eigenvalue weighted by molar-refractivity contribution is 0.585. The van der Waals surface area contributed by atoms with Crippen LogP contribution in [0.4, 0.5) is 5.82 Å². The number of nitrogens with zero attached hydrogens (tertiary/aromatic N) is 6. The number of hydrogen-bond donors (Lipinski definition) is 1. The minimum absolute atomic E-state index is 0.517. The van der Waals surface area contributed by atoms with Gasteiger partial charge in [0.1, 0.15) is 23.0 Å². The van der Waals surface area contributed by atoms with Crippen molar-refractivity contribution in [3.05, 3.63) is 42.0 Å². The highest BCUT2D eigenvalue weighted by molar-refractivity contribution is 5.81. The molecule has 3 aromatic heterocycles. The summed E-state index contributed by atoms with van der Waals surface area (Å²) in [5.41, 5.74) is 3.71. The van der Waals surface area contributed by atoms with Gasteiger partial charge in [-0.2, -0.15) is 10.4 Å². The first-order chi connectivity index (χ1) is 11.8. The Labute approximate surface area is 139 Å². The summed E-state index contributed by atoms with van der Waals surface area (Å²) in [5, 5.41) is 16.9. The SMILES string of the molecule is Cc1cn2ncc(C#N)c2c(-c2ccc(N3CCNCC3)nc2)n1. The molecule has 0 bridgehead atoms. The Balaban J connectivity index is 1.77. The molecule has 0 aromatic carbocycles. The van der Waals surface area contributed by atoms with Crippen LogP contribution < -0.4 is 10.2 Å².